The molecule has 1 atom stereocenters. The number of hydrogen-bond acceptors (Lipinski definition) is 7. The number of alkyl halides is 3. The zero-order chi connectivity index (χ0) is 24.9. The summed E-state index contributed by atoms with van der Waals surface area (Å²) >= 11 is 1.06. The van der Waals surface area contributed by atoms with Crippen molar-refractivity contribution in [3.05, 3.63) is 58.6 Å². The molecule has 7 nitrogen and oxygen atoms in total. The molecule has 0 aliphatic rings. The number of rotatable bonds is 9. The molecule has 11 heteroatoms. The average Bonchev–Trinajstić information content (AvgIpc) is 3.22. The van der Waals surface area contributed by atoms with Gasteiger partial charge in [-0.15, -0.1) is 11.3 Å². The second kappa shape index (κ2) is 10.7. The highest BCUT2D eigenvalue weighted by Crippen LogP contribution is 2.37. The van der Waals surface area contributed by atoms with Gasteiger partial charge in [-0.25, -0.2) is 4.98 Å². The fourth-order valence-corrected chi connectivity index (χ4v) is 4.01. The number of nitrogens with one attached hydrogen (secondary N) is 1. The van der Waals surface area contributed by atoms with Crippen molar-refractivity contribution in [3.63, 3.8) is 0 Å². The molecule has 0 bridgehead atoms. The number of aromatic nitrogens is 1. The molecule has 0 aliphatic carbocycles. The predicted octanol–water partition coefficient (Wildman–Crippen LogP) is 4.32. The molecular weight excluding hydrogens is 473 g/mol. The Balaban J connectivity index is 1.60. The smallest absolute Gasteiger partial charge is 0.416 e. The van der Waals surface area contributed by atoms with Crippen molar-refractivity contribution in [2.45, 2.75) is 19.2 Å². The maximum Gasteiger partial charge on any atom is 0.416 e. The number of amides is 1. The van der Waals surface area contributed by atoms with Gasteiger partial charge in [-0.05, 0) is 31.2 Å². The van der Waals surface area contributed by atoms with E-state index < -0.39 is 23.8 Å². The second-order valence-electron chi connectivity index (χ2n) is 7.18. The largest absolute Gasteiger partial charge is 0.493 e. The number of hydrogen-bond donors (Lipinski definition) is 2. The van der Waals surface area contributed by atoms with E-state index >= 15 is 0 Å². The van der Waals surface area contributed by atoms with Crippen LogP contribution in [0.15, 0.2) is 42.5 Å². The lowest BCUT2D eigenvalue weighted by molar-refractivity contribution is -0.137. The summed E-state index contributed by atoms with van der Waals surface area (Å²) in [5, 5.41) is 13.3. The van der Waals surface area contributed by atoms with Crippen LogP contribution < -0.4 is 19.5 Å². The first-order valence-electron chi connectivity index (χ1n) is 10.1. The summed E-state index contributed by atoms with van der Waals surface area (Å²) in [4.78, 5) is 17.2. The Morgan fingerprint density at radius 3 is 2.29 bits per heavy atom. The number of aliphatic hydroxyl groups excluding tert-OH is 1. The first-order chi connectivity index (χ1) is 16.1. The molecule has 0 saturated heterocycles. The molecule has 0 fully saturated rings. The molecule has 2 N–H and O–H groups in total. The van der Waals surface area contributed by atoms with Crippen LogP contribution in [-0.4, -0.2) is 49.5 Å². The van der Waals surface area contributed by atoms with E-state index in [1.165, 1.54) is 26.4 Å². The van der Waals surface area contributed by atoms with Crippen molar-refractivity contribution < 1.29 is 37.3 Å². The van der Waals surface area contributed by atoms with Crippen molar-refractivity contribution in [1.82, 2.24) is 10.3 Å². The number of carbonyl (C=O) groups excluding carboxylic acids is 1. The first kappa shape index (κ1) is 25.3. The van der Waals surface area contributed by atoms with Crippen LogP contribution in [0.4, 0.5) is 13.2 Å². The Kier molecular flexibility index (Phi) is 8.00. The molecule has 0 radical (unpaired) electrons. The number of para-hydroxylation sites is 1. The van der Waals surface area contributed by atoms with E-state index in [2.05, 4.69) is 10.3 Å². The van der Waals surface area contributed by atoms with E-state index in [0.29, 0.717) is 38.4 Å². The minimum absolute atomic E-state index is 0.0940. The molecule has 1 heterocycles. The number of aryl methyl sites for hydroxylation is 1. The number of halogens is 3. The Bertz CT molecular complexity index is 1110. The zero-order valence-electron chi connectivity index (χ0n) is 18.6. The van der Waals surface area contributed by atoms with Gasteiger partial charge in [0, 0.05) is 12.1 Å². The number of ether oxygens (including phenoxy) is 3. The Hall–Kier alpha value is -3.31. The van der Waals surface area contributed by atoms with Crippen LogP contribution >= 0.6 is 11.3 Å². The minimum Gasteiger partial charge on any atom is -0.493 e. The standard InChI is InChI=1S/C23H23F3N2O5S/c1-13-20(34-22(28-13)14-7-9-15(10-8-14)23(24,25)26)21(30)27-11-16(29)12-33-19-17(31-2)5-4-6-18(19)32-3/h4-10,16,29H,11-12H2,1-3H3,(H,27,30). The van der Waals surface area contributed by atoms with Gasteiger partial charge < -0.3 is 24.6 Å². The molecule has 1 unspecified atom stereocenters. The maximum atomic E-state index is 12.8. The van der Waals surface area contributed by atoms with Gasteiger partial charge in [0.25, 0.3) is 5.91 Å². The number of nitrogens with zero attached hydrogens (tertiary/aromatic N) is 1. The summed E-state index contributed by atoms with van der Waals surface area (Å²) in [5.41, 5.74) is 0.144. The third-order valence-corrected chi connectivity index (χ3v) is 5.97. The Morgan fingerprint density at radius 1 is 1.12 bits per heavy atom. The van der Waals surface area contributed by atoms with E-state index in [4.69, 9.17) is 14.2 Å². The van der Waals surface area contributed by atoms with Gasteiger partial charge in [-0.2, -0.15) is 13.2 Å². The third kappa shape index (κ3) is 5.97. The van der Waals surface area contributed by atoms with Crippen molar-refractivity contribution in [2.75, 3.05) is 27.4 Å². The molecule has 1 aromatic heterocycles. The molecule has 182 valence electrons. The molecule has 3 rings (SSSR count). The number of methoxy groups -OCH3 is 2. The lowest BCUT2D eigenvalue weighted by Crippen LogP contribution is -2.35. The molecule has 3 aromatic rings. The van der Waals surface area contributed by atoms with E-state index in [1.807, 2.05) is 0 Å². The van der Waals surface area contributed by atoms with Crippen molar-refractivity contribution in [2.24, 2.45) is 0 Å². The number of thiazole rings is 1. The maximum absolute atomic E-state index is 12.8. The number of aliphatic hydroxyl groups is 1. The summed E-state index contributed by atoms with van der Waals surface area (Å²) < 4.78 is 54.4. The van der Waals surface area contributed by atoms with Gasteiger partial charge in [0.15, 0.2) is 11.5 Å². The van der Waals surface area contributed by atoms with Gasteiger partial charge in [0.2, 0.25) is 5.75 Å². The molecular formula is C23H23F3N2O5S. The lowest BCUT2D eigenvalue weighted by Gasteiger charge is -2.17. The van der Waals surface area contributed by atoms with Crippen LogP contribution in [0.2, 0.25) is 0 Å². The zero-order valence-corrected chi connectivity index (χ0v) is 19.4. The van der Waals surface area contributed by atoms with Gasteiger partial charge in [0.05, 0.1) is 25.5 Å². The van der Waals surface area contributed by atoms with Crippen molar-refractivity contribution in [3.8, 4) is 27.8 Å². The molecule has 34 heavy (non-hydrogen) atoms. The summed E-state index contributed by atoms with van der Waals surface area (Å²) in [6, 6.07) is 9.68. The fraction of sp³-hybridized carbons (Fsp3) is 0.304. The van der Waals surface area contributed by atoms with Crippen LogP contribution in [0.1, 0.15) is 20.9 Å². The second-order valence-corrected chi connectivity index (χ2v) is 8.17. The van der Waals surface area contributed by atoms with E-state index in [0.717, 1.165) is 23.5 Å². The Labute approximate surface area is 198 Å². The first-order valence-corrected chi connectivity index (χ1v) is 10.9. The average molecular weight is 497 g/mol. The molecule has 0 spiro atoms. The Morgan fingerprint density at radius 2 is 1.74 bits per heavy atom. The van der Waals surface area contributed by atoms with Crippen molar-refractivity contribution >= 4 is 17.2 Å². The van der Waals surface area contributed by atoms with Gasteiger partial charge in [-0.3, -0.25) is 4.79 Å². The van der Waals surface area contributed by atoms with E-state index in [9.17, 15) is 23.1 Å². The monoisotopic (exact) mass is 496 g/mol. The summed E-state index contributed by atoms with van der Waals surface area (Å²) in [5.74, 6) is 0.748. The highest BCUT2D eigenvalue weighted by Gasteiger charge is 2.30. The number of benzene rings is 2. The van der Waals surface area contributed by atoms with E-state index in [1.54, 1.807) is 25.1 Å². The SMILES string of the molecule is COc1cccc(OC)c1OCC(O)CNC(=O)c1sc(-c2ccc(C(F)(F)F)cc2)nc1C. The van der Waals surface area contributed by atoms with Crippen LogP contribution in [0, 0.1) is 6.92 Å². The molecule has 1 amide bonds. The van der Waals surface area contributed by atoms with Crippen LogP contribution in [-0.2, 0) is 6.18 Å². The quantitative estimate of drug-likeness (QED) is 0.459. The lowest BCUT2D eigenvalue weighted by atomic mass is 10.1. The highest BCUT2D eigenvalue weighted by molar-refractivity contribution is 7.17. The summed E-state index contributed by atoms with van der Waals surface area (Å²) in [7, 11) is 2.96. The van der Waals surface area contributed by atoms with Crippen LogP contribution in [0.25, 0.3) is 10.6 Å². The normalized spacial score (nSPS) is 12.2. The fourth-order valence-electron chi connectivity index (χ4n) is 3.02. The molecule has 0 saturated carbocycles. The highest BCUT2D eigenvalue weighted by atomic mass is 32.1. The molecule has 2 aromatic carbocycles. The van der Waals surface area contributed by atoms with Crippen LogP contribution in [0.3, 0.4) is 0 Å². The number of carbonyl (C=O) groups is 1. The van der Waals surface area contributed by atoms with Gasteiger partial charge in [0.1, 0.15) is 22.6 Å². The summed E-state index contributed by atoms with van der Waals surface area (Å²) in [6.45, 7) is 1.41. The minimum atomic E-state index is -4.43. The molecule has 0 aliphatic heterocycles. The van der Waals surface area contributed by atoms with Gasteiger partial charge in [-0.1, -0.05) is 18.2 Å². The predicted molar refractivity (Wildman–Crippen MR) is 121 cm³/mol. The third-order valence-electron chi connectivity index (χ3n) is 4.76. The van der Waals surface area contributed by atoms with Gasteiger partial charge >= 0.3 is 6.18 Å². The van der Waals surface area contributed by atoms with Crippen molar-refractivity contribution in [1.29, 1.82) is 0 Å². The summed E-state index contributed by atoms with van der Waals surface area (Å²) in [6.07, 6.45) is -5.45. The van der Waals surface area contributed by atoms with Crippen LogP contribution in [0.5, 0.6) is 17.2 Å². The topological polar surface area (TPSA) is 89.9 Å². The van der Waals surface area contributed by atoms with E-state index in [-0.39, 0.29) is 13.2 Å².